The third-order valence-electron chi connectivity index (χ3n) is 2.48. The fourth-order valence-corrected chi connectivity index (χ4v) is 1.55. The van der Waals surface area contributed by atoms with Gasteiger partial charge in [0, 0.05) is 20.5 Å². The van der Waals surface area contributed by atoms with Crippen LogP contribution >= 0.6 is 0 Å². The summed E-state index contributed by atoms with van der Waals surface area (Å²) >= 11 is 0. The van der Waals surface area contributed by atoms with E-state index >= 15 is 0 Å². The van der Waals surface area contributed by atoms with Crippen molar-refractivity contribution >= 4 is 11.7 Å². The van der Waals surface area contributed by atoms with Gasteiger partial charge in [-0.25, -0.2) is 0 Å². The van der Waals surface area contributed by atoms with Crippen molar-refractivity contribution < 1.29 is 9.59 Å². The van der Waals surface area contributed by atoms with Crippen LogP contribution in [0.5, 0.6) is 0 Å². The van der Waals surface area contributed by atoms with E-state index in [2.05, 4.69) is 6.92 Å². The number of carbonyl (C=O) groups excluding carboxylic acids is 2. The van der Waals surface area contributed by atoms with Crippen molar-refractivity contribution in [2.24, 2.45) is 5.92 Å². The lowest BCUT2D eigenvalue weighted by Crippen LogP contribution is -2.34. The molecule has 0 fully saturated rings. The second-order valence-corrected chi connectivity index (χ2v) is 4.14. The third-order valence-corrected chi connectivity index (χ3v) is 2.48. The summed E-state index contributed by atoms with van der Waals surface area (Å²) in [5, 5.41) is 0. The SMILES string of the molecule is CCCCC(=O)C(CCC)C(=O)N(C)C. The molecule has 1 amide bonds. The minimum absolute atomic E-state index is 0.0436. The van der Waals surface area contributed by atoms with Crippen molar-refractivity contribution in [3.05, 3.63) is 0 Å². The zero-order chi connectivity index (χ0) is 11.8. The molecule has 0 bridgehead atoms. The molecule has 0 aliphatic rings. The quantitative estimate of drug-likeness (QED) is 0.608. The van der Waals surface area contributed by atoms with Crippen LogP contribution in [0.4, 0.5) is 0 Å². The summed E-state index contributed by atoms with van der Waals surface area (Å²) in [5.41, 5.74) is 0. The van der Waals surface area contributed by atoms with Gasteiger partial charge in [-0.2, -0.15) is 0 Å². The summed E-state index contributed by atoms with van der Waals surface area (Å²) in [7, 11) is 3.41. The van der Waals surface area contributed by atoms with E-state index in [4.69, 9.17) is 0 Å². The van der Waals surface area contributed by atoms with Crippen molar-refractivity contribution in [2.45, 2.75) is 46.0 Å². The van der Waals surface area contributed by atoms with Gasteiger partial charge in [0.05, 0.1) is 5.92 Å². The lowest BCUT2D eigenvalue weighted by molar-refractivity contribution is -0.139. The van der Waals surface area contributed by atoms with Crippen LogP contribution in [-0.4, -0.2) is 30.7 Å². The van der Waals surface area contributed by atoms with Crippen molar-refractivity contribution in [1.82, 2.24) is 4.90 Å². The highest BCUT2D eigenvalue weighted by Crippen LogP contribution is 2.14. The molecule has 1 unspecified atom stereocenters. The number of Topliss-reactive ketones (excluding diaryl/α,β-unsaturated/α-hetero) is 1. The van der Waals surface area contributed by atoms with E-state index < -0.39 is 5.92 Å². The summed E-state index contributed by atoms with van der Waals surface area (Å²) in [6.07, 6.45) is 3.99. The topological polar surface area (TPSA) is 37.4 Å². The number of carbonyl (C=O) groups is 2. The molecule has 0 aromatic heterocycles. The predicted octanol–water partition coefficient (Wildman–Crippen LogP) is 2.25. The number of nitrogens with zero attached hydrogens (tertiary/aromatic N) is 1. The van der Waals surface area contributed by atoms with E-state index in [1.807, 2.05) is 6.92 Å². The van der Waals surface area contributed by atoms with Gasteiger partial charge in [0.25, 0.3) is 0 Å². The van der Waals surface area contributed by atoms with Gasteiger partial charge in [-0.1, -0.05) is 26.7 Å². The molecular formula is C12H23NO2. The van der Waals surface area contributed by atoms with Gasteiger partial charge < -0.3 is 4.90 Å². The summed E-state index contributed by atoms with van der Waals surface area (Å²) < 4.78 is 0. The molecule has 3 heteroatoms. The van der Waals surface area contributed by atoms with Crippen LogP contribution in [0.2, 0.25) is 0 Å². The Hall–Kier alpha value is -0.860. The van der Waals surface area contributed by atoms with Crippen LogP contribution in [-0.2, 0) is 9.59 Å². The normalized spacial score (nSPS) is 12.3. The molecule has 15 heavy (non-hydrogen) atoms. The first-order valence-corrected chi connectivity index (χ1v) is 5.78. The maximum absolute atomic E-state index is 11.8. The van der Waals surface area contributed by atoms with E-state index in [9.17, 15) is 9.59 Å². The molecule has 1 atom stereocenters. The van der Waals surface area contributed by atoms with E-state index in [1.165, 1.54) is 4.90 Å². The minimum Gasteiger partial charge on any atom is -0.348 e. The minimum atomic E-state index is -0.406. The van der Waals surface area contributed by atoms with Crippen LogP contribution < -0.4 is 0 Å². The number of unbranched alkanes of at least 4 members (excludes halogenated alkanes) is 1. The van der Waals surface area contributed by atoms with Gasteiger partial charge >= 0.3 is 0 Å². The molecule has 88 valence electrons. The molecule has 0 aromatic carbocycles. The molecule has 0 rings (SSSR count). The van der Waals surface area contributed by atoms with Gasteiger partial charge in [-0.3, -0.25) is 9.59 Å². The van der Waals surface area contributed by atoms with Crippen molar-refractivity contribution in [3.8, 4) is 0 Å². The highest BCUT2D eigenvalue weighted by atomic mass is 16.2. The summed E-state index contributed by atoms with van der Waals surface area (Å²) in [4.78, 5) is 25.1. The molecule has 0 aliphatic carbocycles. The van der Waals surface area contributed by atoms with Gasteiger partial charge in [-0.05, 0) is 12.8 Å². The maximum Gasteiger partial charge on any atom is 0.232 e. The monoisotopic (exact) mass is 213 g/mol. The lowest BCUT2D eigenvalue weighted by Gasteiger charge is -2.18. The Labute approximate surface area is 92.8 Å². The summed E-state index contributed by atoms with van der Waals surface area (Å²) in [6.45, 7) is 4.05. The average molecular weight is 213 g/mol. The van der Waals surface area contributed by atoms with Crippen LogP contribution in [0.1, 0.15) is 46.0 Å². The predicted molar refractivity (Wildman–Crippen MR) is 61.6 cm³/mol. The molecule has 0 aromatic rings. The third kappa shape index (κ3) is 4.96. The van der Waals surface area contributed by atoms with Crippen LogP contribution in [0.25, 0.3) is 0 Å². The zero-order valence-corrected chi connectivity index (χ0v) is 10.4. The first-order valence-electron chi connectivity index (χ1n) is 5.78. The Kier molecular flexibility index (Phi) is 7.01. The molecule has 0 aliphatic heterocycles. The van der Waals surface area contributed by atoms with Gasteiger partial charge in [0.1, 0.15) is 5.78 Å². The number of ketones is 1. The lowest BCUT2D eigenvalue weighted by atomic mass is 9.94. The Morgan fingerprint density at radius 2 is 1.73 bits per heavy atom. The fourth-order valence-electron chi connectivity index (χ4n) is 1.55. The molecular weight excluding hydrogens is 190 g/mol. The van der Waals surface area contributed by atoms with E-state index in [0.29, 0.717) is 12.8 Å². The molecule has 0 N–H and O–H groups in total. The standard InChI is InChI=1S/C12H23NO2/c1-5-7-9-11(14)10(8-6-2)12(15)13(3)4/h10H,5-9H2,1-4H3. The van der Waals surface area contributed by atoms with Crippen molar-refractivity contribution in [2.75, 3.05) is 14.1 Å². The zero-order valence-electron chi connectivity index (χ0n) is 10.4. The highest BCUT2D eigenvalue weighted by Gasteiger charge is 2.25. The largest absolute Gasteiger partial charge is 0.348 e. The second kappa shape index (κ2) is 7.43. The Bertz CT molecular complexity index is 212. The van der Waals surface area contributed by atoms with Gasteiger partial charge in [0.2, 0.25) is 5.91 Å². The summed E-state index contributed by atoms with van der Waals surface area (Å²) in [6, 6.07) is 0. The molecule has 0 spiro atoms. The first-order chi connectivity index (χ1) is 7.04. The molecule has 0 heterocycles. The first kappa shape index (κ1) is 14.1. The Balaban J connectivity index is 4.37. The Morgan fingerprint density at radius 3 is 2.13 bits per heavy atom. The van der Waals surface area contributed by atoms with E-state index in [1.54, 1.807) is 14.1 Å². The van der Waals surface area contributed by atoms with Gasteiger partial charge in [-0.15, -0.1) is 0 Å². The number of rotatable bonds is 7. The average Bonchev–Trinajstić information content (AvgIpc) is 2.21. The van der Waals surface area contributed by atoms with Crippen LogP contribution in [0, 0.1) is 5.92 Å². The van der Waals surface area contributed by atoms with Crippen LogP contribution in [0.3, 0.4) is 0 Å². The number of hydrogen-bond donors (Lipinski definition) is 0. The second-order valence-electron chi connectivity index (χ2n) is 4.14. The molecule has 3 nitrogen and oxygen atoms in total. The number of hydrogen-bond acceptors (Lipinski definition) is 2. The number of amides is 1. The van der Waals surface area contributed by atoms with Gasteiger partial charge in [0.15, 0.2) is 0 Å². The smallest absolute Gasteiger partial charge is 0.232 e. The van der Waals surface area contributed by atoms with E-state index in [-0.39, 0.29) is 11.7 Å². The Morgan fingerprint density at radius 1 is 1.13 bits per heavy atom. The van der Waals surface area contributed by atoms with E-state index in [0.717, 1.165) is 19.3 Å². The fraction of sp³-hybridized carbons (Fsp3) is 0.833. The summed E-state index contributed by atoms with van der Waals surface area (Å²) in [5.74, 6) is -0.341. The van der Waals surface area contributed by atoms with Crippen molar-refractivity contribution in [1.29, 1.82) is 0 Å². The maximum atomic E-state index is 11.8. The van der Waals surface area contributed by atoms with Crippen molar-refractivity contribution in [3.63, 3.8) is 0 Å². The highest BCUT2D eigenvalue weighted by molar-refractivity contribution is 6.01. The molecule has 0 radical (unpaired) electrons. The van der Waals surface area contributed by atoms with Crippen LogP contribution in [0.15, 0.2) is 0 Å². The molecule has 0 saturated carbocycles. The molecule has 0 saturated heterocycles.